The van der Waals surface area contributed by atoms with Gasteiger partial charge < -0.3 is 19.8 Å². The second-order valence-corrected chi connectivity index (χ2v) is 4.43. The first kappa shape index (κ1) is 12.7. The Balaban J connectivity index is 2.26. The maximum Gasteiger partial charge on any atom is 0.339 e. The Bertz CT molecular complexity index is 445. The number of nitrogens with zero attached hydrogens (tertiary/aromatic N) is 1. The average Bonchev–Trinajstić information content (AvgIpc) is 2.35. The molecule has 2 rings (SSSR count). The topological polar surface area (TPSA) is 70.0 Å². The lowest BCUT2D eigenvalue weighted by Gasteiger charge is -2.32. The molecule has 0 aliphatic carbocycles. The first-order valence-corrected chi connectivity index (χ1v) is 6.01. The number of rotatable bonds is 4. The number of para-hydroxylation sites is 1. The number of hydrogen-bond donors (Lipinski definition) is 2. The van der Waals surface area contributed by atoms with E-state index >= 15 is 0 Å². The van der Waals surface area contributed by atoms with Crippen LogP contribution in [-0.4, -0.2) is 42.0 Å². The Morgan fingerprint density at radius 1 is 1.56 bits per heavy atom. The Morgan fingerprint density at radius 2 is 2.33 bits per heavy atom. The summed E-state index contributed by atoms with van der Waals surface area (Å²) < 4.78 is 5.47. The minimum Gasteiger partial charge on any atom is -0.489 e. The van der Waals surface area contributed by atoms with E-state index in [1.807, 2.05) is 6.07 Å². The van der Waals surface area contributed by atoms with Crippen LogP contribution in [0.25, 0.3) is 0 Å². The Labute approximate surface area is 106 Å². The molecule has 1 unspecified atom stereocenters. The van der Waals surface area contributed by atoms with Gasteiger partial charge in [-0.15, -0.1) is 0 Å². The molecule has 1 aliphatic rings. The summed E-state index contributed by atoms with van der Waals surface area (Å²) in [6.45, 7) is 3.62. The van der Waals surface area contributed by atoms with Gasteiger partial charge in [-0.3, -0.25) is 0 Å². The number of hydrogen-bond acceptors (Lipinski definition) is 4. The molecule has 0 saturated carbocycles. The van der Waals surface area contributed by atoms with Crippen LogP contribution in [0, 0.1) is 0 Å². The van der Waals surface area contributed by atoms with Gasteiger partial charge in [0.1, 0.15) is 12.2 Å². The van der Waals surface area contributed by atoms with Crippen LogP contribution < -0.4 is 9.64 Å². The molecule has 0 aromatic heterocycles. The third-order valence-corrected chi connectivity index (χ3v) is 2.99. The number of aromatic carboxylic acids is 1. The van der Waals surface area contributed by atoms with Crippen molar-refractivity contribution in [2.75, 3.05) is 24.6 Å². The highest BCUT2D eigenvalue weighted by molar-refractivity contribution is 5.93. The molecule has 1 aromatic rings. The van der Waals surface area contributed by atoms with Crippen LogP contribution in [0.4, 0.5) is 5.69 Å². The van der Waals surface area contributed by atoms with Crippen molar-refractivity contribution in [1.29, 1.82) is 0 Å². The van der Waals surface area contributed by atoms with Gasteiger partial charge in [-0.25, -0.2) is 4.79 Å². The number of aliphatic hydroxyl groups is 1. The van der Waals surface area contributed by atoms with Crippen molar-refractivity contribution >= 4 is 11.7 Å². The lowest BCUT2D eigenvalue weighted by molar-refractivity contribution is 0.0692. The van der Waals surface area contributed by atoms with Crippen molar-refractivity contribution in [2.45, 2.75) is 19.4 Å². The van der Waals surface area contributed by atoms with E-state index in [4.69, 9.17) is 9.84 Å². The Morgan fingerprint density at radius 3 is 3.00 bits per heavy atom. The number of ether oxygens (including phenoxy) is 1. The highest BCUT2D eigenvalue weighted by Gasteiger charge is 2.23. The van der Waals surface area contributed by atoms with E-state index in [9.17, 15) is 9.90 Å². The van der Waals surface area contributed by atoms with Crippen LogP contribution in [0.15, 0.2) is 18.2 Å². The summed E-state index contributed by atoms with van der Waals surface area (Å²) in [6, 6.07) is 5.11. The third-order valence-electron chi connectivity index (χ3n) is 2.99. The first-order chi connectivity index (χ1) is 8.59. The van der Waals surface area contributed by atoms with Gasteiger partial charge in [0.2, 0.25) is 0 Å². The van der Waals surface area contributed by atoms with Crippen LogP contribution in [0.3, 0.4) is 0 Å². The minimum atomic E-state index is -0.982. The molecular formula is C13H17NO4. The molecule has 1 aliphatic heterocycles. The van der Waals surface area contributed by atoms with Crippen molar-refractivity contribution in [3.63, 3.8) is 0 Å². The first-order valence-electron chi connectivity index (χ1n) is 6.01. The number of benzene rings is 1. The van der Waals surface area contributed by atoms with Gasteiger partial charge >= 0.3 is 5.97 Å². The molecule has 5 nitrogen and oxygen atoms in total. The second-order valence-electron chi connectivity index (χ2n) is 4.43. The maximum absolute atomic E-state index is 11.1. The van der Waals surface area contributed by atoms with E-state index in [0.29, 0.717) is 31.9 Å². The molecule has 0 fully saturated rings. The van der Waals surface area contributed by atoms with E-state index < -0.39 is 5.97 Å². The molecule has 0 spiro atoms. The van der Waals surface area contributed by atoms with E-state index in [0.717, 1.165) is 5.69 Å². The molecule has 0 saturated heterocycles. The summed E-state index contributed by atoms with van der Waals surface area (Å²) in [4.78, 5) is 13.2. The van der Waals surface area contributed by atoms with Crippen LogP contribution >= 0.6 is 0 Å². The van der Waals surface area contributed by atoms with Gasteiger partial charge in [0, 0.05) is 6.54 Å². The Hall–Kier alpha value is -1.75. The number of anilines is 1. The van der Waals surface area contributed by atoms with E-state index in [-0.39, 0.29) is 11.7 Å². The number of carboxylic acids is 1. The number of aliphatic hydroxyl groups excluding tert-OH is 1. The van der Waals surface area contributed by atoms with Crippen molar-refractivity contribution < 1.29 is 19.7 Å². The van der Waals surface area contributed by atoms with Crippen LogP contribution in [-0.2, 0) is 0 Å². The Kier molecular flexibility index (Phi) is 3.72. The molecule has 0 radical (unpaired) electrons. The maximum atomic E-state index is 11.1. The fourth-order valence-electron chi connectivity index (χ4n) is 2.05. The summed E-state index contributed by atoms with van der Waals surface area (Å²) in [5.41, 5.74) is 0.982. The standard InChI is InChI=1S/C13H17NO4/c1-9(15)5-6-14-7-8-18-12-10(13(16)17)3-2-4-11(12)14/h2-4,9,15H,5-8H2,1H3,(H,16,17). The average molecular weight is 251 g/mol. The fraction of sp³-hybridized carbons (Fsp3) is 0.462. The van der Waals surface area contributed by atoms with Gasteiger partial charge in [-0.1, -0.05) is 6.07 Å². The lowest BCUT2D eigenvalue weighted by Crippen LogP contribution is -2.35. The minimum absolute atomic E-state index is 0.189. The molecule has 1 heterocycles. The lowest BCUT2D eigenvalue weighted by atomic mass is 10.1. The summed E-state index contributed by atoms with van der Waals surface area (Å²) in [5.74, 6) is -0.550. The SMILES string of the molecule is CC(O)CCN1CCOc2c(C(=O)O)cccc21. The van der Waals surface area contributed by atoms with Gasteiger partial charge in [-0.2, -0.15) is 0 Å². The number of fused-ring (bicyclic) bond motifs is 1. The van der Waals surface area contributed by atoms with Gasteiger partial charge in [0.25, 0.3) is 0 Å². The summed E-state index contributed by atoms with van der Waals surface area (Å²) >= 11 is 0. The van der Waals surface area contributed by atoms with Crippen LogP contribution in [0.5, 0.6) is 5.75 Å². The quantitative estimate of drug-likeness (QED) is 0.845. The molecular weight excluding hydrogens is 234 g/mol. The van der Waals surface area contributed by atoms with Crippen molar-refractivity contribution in [3.8, 4) is 5.75 Å². The zero-order valence-electron chi connectivity index (χ0n) is 10.3. The molecule has 1 atom stereocenters. The zero-order chi connectivity index (χ0) is 13.1. The predicted octanol–water partition coefficient (Wildman–Crippen LogP) is 1.35. The molecule has 0 amide bonds. The summed E-state index contributed by atoms with van der Waals surface area (Å²) in [6.07, 6.45) is 0.287. The number of carbonyl (C=O) groups is 1. The monoisotopic (exact) mass is 251 g/mol. The summed E-state index contributed by atoms with van der Waals surface area (Å²) in [5, 5.41) is 18.4. The predicted molar refractivity (Wildman–Crippen MR) is 67.4 cm³/mol. The van der Waals surface area contributed by atoms with E-state index in [1.165, 1.54) is 0 Å². The zero-order valence-corrected chi connectivity index (χ0v) is 10.3. The largest absolute Gasteiger partial charge is 0.489 e. The molecule has 18 heavy (non-hydrogen) atoms. The van der Waals surface area contributed by atoms with Crippen LogP contribution in [0.1, 0.15) is 23.7 Å². The summed E-state index contributed by atoms with van der Waals surface area (Å²) in [7, 11) is 0. The molecule has 1 aromatic carbocycles. The van der Waals surface area contributed by atoms with Gasteiger partial charge in [-0.05, 0) is 25.5 Å². The number of carboxylic acid groups (broad SMARTS) is 1. The molecule has 5 heteroatoms. The van der Waals surface area contributed by atoms with Crippen LogP contribution in [0.2, 0.25) is 0 Å². The van der Waals surface area contributed by atoms with Crippen molar-refractivity contribution in [1.82, 2.24) is 0 Å². The van der Waals surface area contributed by atoms with E-state index in [1.54, 1.807) is 19.1 Å². The smallest absolute Gasteiger partial charge is 0.339 e. The third kappa shape index (κ3) is 2.56. The highest BCUT2D eigenvalue weighted by atomic mass is 16.5. The van der Waals surface area contributed by atoms with E-state index in [2.05, 4.69) is 4.90 Å². The second kappa shape index (κ2) is 5.27. The normalized spacial score (nSPS) is 15.8. The molecule has 2 N–H and O–H groups in total. The van der Waals surface area contributed by atoms with Crippen molar-refractivity contribution in [3.05, 3.63) is 23.8 Å². The van der Waals surface area contributed by atoms with Gasteiger partial charge in [0.05, 0.1) is 18.3 Å². The fourth-order valence-corrected chi connectivity index (χ4v) is 2.05. The molecule has 0 bridgehead atoms. The van der Waals surface area contributed by atoms with Crippen molar-refractivity contribution in [2.24, 2.45) is 0 Å². The van der Waals surface area contributed by atoms with Gasteiger partial charge in [0.15, 0.2) is 5.75 Å². The highest BCUT2D eigenvalue weighted by Crippen LogP contribution is 2.35. The molecule has 98 valence electrons.